The highest BCUT2D eigenvalue weighted by atomic mass is 32.1. The van der Waals surface area contributed by atoms with Crippen molar-refractivity contribution in [2.75, 3.05) is 0 Å². The van der Waals surface area contributed by atoms with Crippen LogP contribution in [0.2, 0.25) is 0 Å². The van der Waals surface area contributed by atoms with Crippen LogP contribution in [-0.4, -0.2) is 13.7 Å². The van der Waals surface area contributed by atoms with Crippen LogP contribution in [0.4, 0.5) is 0 Å². The third-order valence-corrected chi connectivity index (χ3v) is 35.7. The highest BCUT2D eigenvalue weighted by Gasteiger charge is 2.26. The second kappa shape index (κ2) is 34.3. The Balaban J connectivity index is 0.000000104. The topological polar surface area (TPSA) is 14.8 Å². The molecule has 30 rings (SSSR count). The fraction of sp³-hybridized carbons (Fsp3) is 0. The van der Waals surface area contributed by atoms with Gasteiger partial charge in [0, 0.05) is 124 Å². The monoisotopic (exact) mass is 1900 g/mol. The van der Waals surface area contributed by atoms with Crippen molar-refractivity contribution in [1.82, 2.24) is 13.7 Å². The van der Waals surface area contributed by atoms with Crippen molar-refractivity contribution in [2.24, 2.45) is 0 Å². The molecule has 3 nitrogen and oxygen atoms in total. The van der Waals surface area contributed by atoms with Crippen molar-refractivity contribution in [3.63, 3.8) is 0 Å². The minimum atomic E-state index is 1.19. The van der Waals surface area contributed by atoms with Gasteiger partial charge in [-0.05, 0) is 179 Å². The van der Waals surface area contributed by atoms with Gasteiger partial charge in [-0.1, -0.05) is 413 Å². The number of nitrogens with zero attached hydrogens (tertiary/aromatic N) is 3. The summed E-state index contributed by atoms with van der Waals surface area (Å²) in [5, 5.41) is 15.8. The quantitative estimate of drug-likeness (QED) is 0.116. The maximum absolute atomic E-state index is 2.44. The van der Waals surface area contributed by atoms with E-state index in [9.17, 15) is 0 Å². The van der Waals surface area contributed by atoms with Crippen LogP contribution in [0, 0.1) is 0 Å². The van der Waals surface area contributed by atoms with Gasteiger partial charge in [-0.15, -0.1) is 68.0 Å². The van der Waals surface area contributed by atoms with Crippen molar-refractivity contribution in [3.05, 3.63) is 491 Å². The Kier molecular flexibility index (Phi) is 20.1. The van der Waals surface area contributed by atoms with E-state index >= 15 is 0 Å². The van der Waals surface area contributed by atoms with Gasteiger partial charge in [-0.25, -0.2) is 0 Å². The number of para-hydroxylation sites is 6. The number of aromatic nitrogens is 3. The van der Waals surface area contributed by atoms with Crippen LogP contribution in [0.3, 0.4) is 0 Å². The normalized spacial score (nSPS) is 11.8. The Morgan fingerprint density at radius 1 is 0.128 bits per heavy atom. The van der Waals surface area contributed by atoms with Crippen LogP contribution in [0.15, 0.2) is 491 Å². The lowest BCUT2D eigenvalue weighted by Gasteiger charge is -2.10. The molecule has 0 saturated carbocycles. The molecular formula is C132H81N3S6. The molecule has 0 aliphatic rings. The van der Waals surface area contributed by atoms with Crippen LogP contribution >= 0.6 is 68.0 Å². The molecule has 9 aromatic heterocycles. The number of rotatable bonds is 12. The fourth-order valence-electron chi connectivity index (χ4n) is 21.8. The molecule has 30 aromatic rings. The zero-order chi connectivity index (χ0) is 92.7. The second-order valence-electron chi connectivity index (χ2n) is 36.2. The highest BCUT2D eigenvalue weighted by Crippen LogP contribution is 2.53. The number of thiophene rings is 6. The Bertz CT molecular complexity index is 10100. The van der Waals surface area contributed by atoms with Crippen LogP contribution in [0.1, 0.15) is 0 Å². The first-order valence-electron chi connectivity index (χ1n) is 47.8. The number of hydrogen-bond acceptors (Lipinski definition) is 6. The van der Waals surface area contributed by atoms with E-state index in [2.05, 4.69) is 505 Å². The highest BCUT2D eigenvalue weighted by molar-refractivity contribution is 7.29. The maximum Gasteiger partial charge on any atom is 0.0727 e. The van der Waals surface area contributed by atoms with Gasteiger partial charge in [0.2, 0.25) is 0 Å². The number of benzene rings is 21. The summed E-state index contributed by atoms with van der Waals surface area (Å²) in [7, 11) is 0. The molecule has 660 valence electrons. The molecule has 0 atom stereocenters. The lowest BCUT2D eigenvalue weighted by molar-refractivity contribution is 1.19. The molecular weight excluding hydrogens is 1820 g/mol. The molecule has 141 heavy (non-hydrogen) atoms. The predicted octanol–water partition coefficient (Wildman–Crippen LogP) is 40.1. The van der Waals surface area contributed by atoms with E-state index in [0.717, 1.165) is 0 Å². The van der Waals surface area contributed by atoms with Crippen molar-refractivity contribution < 1.29 is 0 Å². The predicted molar refractivity (Wildman–Crippen MR) is 616 cm³/mol. The van der Waals surface area contributed by atoms with E-state index in [4.69, 9.17) is 0 Å². The summed E-state index contributed by atoms with van der Waals surface area (Å²) in [6.45, 7) is 0. The van der Waals surface area contributed by atoms with Crippen LogP contribution in [-0.2, 0) is 0 Å². The third kappa shape index (κ3) is 13.9. The largest absolute Gasteiger partial charge is 0.308 e. The Hall–Kier alpha value is -16.4. The van der Waals surface area contributed by atoms with Crippen molar-refractivity contribution in [1.29, 1.82) is 0 Å². The summed E-state index contributed by atoms with van der Waals surface area (Å²) in [5.74, 6) is 0. The average Bonchev–Trinajstić information content (AvgIpc) is 1.56. The minimum Gasteiger partial charge on any atom is -0.308 e. The standard InChI is InChI=1S/3C44H27NS2/c1-3-12-28(13-4-1)33-18-9-20-36-40-32(17-11-23-39(40)46-42(33)36)29-24-26-30(27-25-29)34-19-10-21-37-41-44(47-43(34)37)35-16-7-8-22-38(35)45(41)31-14-5-2-6-15-31;1-3-11-29(12-4-1)33-16-9-18-35-36-19-10-17-34(43(36)47-42(33)35)30-23-21-28(22-24-30)31-25-26-38-40(27-31)46-44-37-15-7-8-20-39(37)45(41(38)44)32-13-5-2-6-14-32;1-3-11-28(12-4-1)31-25-26-40-38(27-31)35-18-9-16-33(42(35)46-40)29-21-23-30(24-22-29)34-17-10-19-37-41-44(47-43(34)37)36-15-7-8-20-39(36)45(41)32-13-5-2-6-14-32/h3*1-27H. The van der Waals surface area contributed by atoms with Crippen molar-refractivity contribution in [2.45, 2.75) is 0 Å². The molecule has 0 spiro atoms. The van der Waals surface area contributed by atoms with E-state index in [1.54, 1.807) is 0 Å². The summed E-state index contributed by atoms with van der Waals surface area (Å²) in [6, 6.07) is 179. The molecule has 9 heteroatoms. The molecule has 0 aliphatic heterocycles. The molecule has 21 aromatic carbocycles. The molecule has 0 aliphatic carbocycles. The number of fused-ring (bicyclic) bond motifs is 24. The summed E-state index contributed by atoms with van der Waals surface area (Å²) in [6.07, 6.45) is 0. The lowest BCUT2D eigenvalue weighted by atomic mass is 9.95. The van der Waals surface area contributed by atoms with E-state index in [-0.39, 0.29) is 0 Å². The third-order valence-electron chi connectivity index (χ3n) is 28.3. The van der Waals surface area contributed by atoms with Crippen LogP contribution in [0.5, 0.6) is 0 Å². The summed E-state index contributed by atoms with van der Waals surface area (Å²) >= 11 is 11.4. The van der Waals surface area contributed by atoms with Gasteiger partial charge in [-0.2, -0.15) is 0 Å². The molecule has 9 heterocycles. The first-order chi connectivity index (χ1) is 70.0. The smallest absolute Gasteiger partial charge is 0.0727 e. The van der Waals surface area contributed by atoms with Crippen LogP contribution < -0.4 is 0 Å². The van der Waals surface area contributed by atoms with Gasteiger partial charge in [0.25, 0.3) is 0 Å². The molecule has 0 amide bonds. The summed E-state index contributed by atoms with van der Waals surface area (Å²) in [4.78, 5) is 0. The summed E-state index contributed by atoms with van der Waals surface area (Å²) in [5.41, 5.74) is 34.0. The van der Waals surface area contributed by atoms with Gasteiger partial charge in [0.1, 0.15) is 0 Å². The Morgan fingerprint density at radius 3 is 0.830 bits per heavy atom. The summed E-state index contributed by atoms with van der Waals surface area (Å²) < 4.78 is 23.3. The van der Waals surface area contributed by atoms with Gasteiger partial charge in [-0.3, -0.25) is 0 Å². The first kappa shape index (κ1) is 82.8. The van der Waals surface area contributed by atoms with Gasteiger partial charge >= 0.3 is 0 Å². The van der Waals surface area contributed by atoms with Gasteiger partial charge in [0.15, 0.2) is 0 Å². The zero-order valence-corrected chi connectivity index (χ0v) is 81.0. The first-order valence-corrected chi connectivity index (χ1v) is 52.7. The van der Waals surface area contributed by atoms with E-state index in [1.165, 1.54) is 271 Å². The van der Waals surface area contributed by atoms with E-state index in [1.807, 2.05) is 68.0 Å². The second-order valence-corrected chi connectivity index (χ2v) is 42.5. The van der Waals surface area contributed by atoms with Crippen LogP contribution in [0.25, 0.3) is 271 Å². The minimum absolute atomic E-state index is 1.19. The molecule has 0 N–H and O–H groups in total. The van der Waals surface area contributed by atoms with Crippen molar-refractivity contribution >= 4 is 222 Å². The Morgan fingerprint density at radius 2 is 0.390 bits per heavy atom. The van der Waals surface area contributed by atoms with Gasteiger partial charge < -0.3 is 13.7 Å². The SMILES string of the molecule is c1ccc(-c2ccc3sc4c(-c5ccc(-c6cccc7c6sc6c8ccccc8n(-c8ccccc8)c76)cc5)cccc4c3c2)cc1.c1ccc(-c2cccc3c2sc2c(-c4ccc(-c5ccc6c(c5)sc5c7ccccc7n(-c7ccccc7)c65)cc4)cccc23)cc1.c1ccc(-c2cccc3c2sc2cccc(-c4ccc(-c5cccc6c5sc5c7ccccc7n(-c7ccccc7)c65)cc4)c23)cc1. The number of hydrogen-bond donors (Lipinski definition) is 0. The Labute approximate surface area is 837 Å². The molecule has 0 fully saturated rings. The average molecular weight is 1900 g/mol. The van der Waals surface area contributed by atoms with Gasteiger partial charge in [0.05, 0.1) is 47.2 Å². The fourth-order valence-corrected chi connectivity index (χ4v) is 29.6. The molecule has 0 saturated heterocycles. The lowest BCUT2D eigenvalue weighted by Crippen LogP contribution is -1.92. The van der Waals surface area contributed by atoms with E-state index < -0.39 is 0 Å². The van der Waals surface area contributed by atoms with Crippen molar-refractivity contribution in [3.8, 4) is 117 Å². The molecule has 0 unspecified atom stereocenters. The maximum atomic E-state index is 2.44. The zero-order valence-electron chi connectivity index (χ0n) is 76.1. The van der Waals surface area contributed by atoms with E-state index in [0.29, 0.717) is 0 Å². The molecule has 0 bridgehead atoms. The molecule has 0 radical (unpaired) electrons.